The van der Waals surface area contributed by atoms with Crippen molar-refractivity contribution in [1.29, 1.82) is 0 Å². The topological polar surface area (TPSA) is 84.2 Å². The molecule has 1 aromatic carbocycles. The first kappa shape index (κ1) is 18.3. The summed E-state index contributed by atoms with van der Waals surface area (Å²) >= 11 is 0. The Bertz CT molecular complexity index is 915. The van der Waals surface area contributed by atoms with Crippen LogP contribution < -0.4 is 5.32 Å². The summed E-state index contributed by atoms with van der Waals surface area (Å²) in [5.74, 6) is 1.53. The highest BCUT2D eigenvalue weighted by Crippen LogP contribution is 2.28. The summed E-state index contributed by atoms with van der Waals surface area (Å²) in [5.41, 5.74) is 2.78. The molecule has 0 unspecified atom stereocenters. The van der Waals surface area contributed by atoms with E-state index in [-0.39, 0.29) is 5.91 Å². The molecule has 28 heavy (non-hydrogen) atoms. The van der Waals surface area contributed by atoms with Crippen molar-refractivity contribution in [1.82, 2.24) is 20.0 Å². The number of hydrogen-bond donors (Lipinski definition) is 1. The van der Waals surface area contributed by atoms with Crippen molar-refractivity contribution in [2.75, 3.05) is 18.4 Å². The molecule has 4 rings (SSSR count). The van der Waals surface area contributed by atoms with Gasteiger partial charge in [-0.05, 0) is 55.8 Å². The molecule has 0 radical (unpaired) electrons. The van der Waals surface area contributed by atoms with E-state index in [0.29, 0.717) is 17.5 Å². The molecule has 1 aliphatic heterocycles. The van der Waals surface area contributed by atoms with E-state index >= 15 is 0 Å². The fraction of sp³-hybridized carbons (Fsp3) is 0.333. The van der Waals surface area contributed by atoms with Crippen LogP contribution in [0.1, 0.15) is 37.1 Å². The molecule has 3 aromatic rings. The van der Waals surface area contributed by atoms with Gasteiger partial charge in [0.25, 0.3) is 5.89 Å². The zero-order valence-electron chi connectivity index (χ0n) is 15.8. The van der Waals surface area contributed by atoms with Gasteiger partial charge in [0.05, 0.1) is 0 Å². The van der Waals surface area contributed by atoms with Gasteiger partial charge in [0.15, 0.2) is 5.82 Å². The number of amides is 1. The number of carbonyl (C=O) groups excluding carboxylic acids is 1. The van der Waals surface area contributed by atoms with E-state index in [0.717, 1.165) is 44.0 Å². The van der Waals surface area contributed by atoms with Gasteiger partial charge in [-0.25, -0.2) is 0 Å². The average Bonchev–Trinajstić information content (AvgIpc) is 3.21. The maximum Gasteiger partial charge on any atom is 0.276 e. The molecule has 1 aliphatic rings. The summed E-state index contributed by atoms with van der Waals surface area (Å²) in [5, 5.41) is 6.97. The number of anilines is 1. The normalized spacial score (nSPS) is 15.5. The van der Waals surface area contributed by atoms with Gasteiger partial charge in [0, 0.05) is 31.3 Å². The predicted molar refractivity (Wildman–Crippen MR) is 106 cm³/mol. The van der Waals surface area contributed by atoms with Crippen LogP contribution in [0.5, 0.6) is 0 Å². The number of benzene rings is 1. The average molecular weight is 377 g/mol. The van der Waals surface area contributed by atoms with Crippen molar-refractivity contribution in [2.24, 2.45) is 0 Å². The van der Waals surface area contributed by atoms with Crippen molar-refractivity contribution in [2.45, 2.75) is 32.2 Å². The monoisotopic (exact) mass is 377 g/mol. The maximum atomic E-state index is 11.1. The zero-order valence-corrected chi connectivity index (χ0v) is 15.8. The summed E-state index contributed by atoms with van der Waals surface area (Å²) < 4.78 is 5.40. The van der Waals surface area contributed by atoms with E-state index < -0.39 is 0 Å². The van der Waals surface area contributed by atoms with Crippen LogP contribution in [0.4, 0.5) is 5.69 Å². The first-order valence-corrected chi connectivity index (χ1v) is 9.51. The number of aromatic nitrogens is 3. The molecule has 0 saturated carbocycles. The van der Waals surface area contributed by atoms with Crippen LogP contribution >= 0.6 is 0 Å². The van der Waals surface area contributed by atoms with Crippen LogP contribution in [0, 0.1) is 0 Å². The van der Waals surface area contributed by atoms with Crippen molar-refractivity contribution in [3.63, 3.8) is 0 Å². The molecule has 1 N–H and O–H groups in total. The lowest BCUT2D eigenvalue weighted by molar-refractivity contribution is -0.114. The Kier molecular flexibility index (Phi) is 5.43. The molecule has 2 aromatic heterocycles. The van der Waals surface area contributed by atoms with Gasteiger partial charge < -0.3 is 9.84 Å². The second-order valence-corrected chi connectivity index (χ2v) is 7.10. The standard InChI is InChI=1S/C21H23N5O2/c1-15(27)23-18-7-5-16(6-8-18)14-26-12-9-17(10-13-26)20-24-21(28-25-20)19-4-2-3-11-22-19/h2-8,11,17H,9-10,12-14H2,1H3,(H,23,27). The van der Waals surface area contributed by atoms with Gasteiger partial charge in [0.2, 0.25) is 5.91 Å². The minimum absolute atomic E-state index is 0.0532. The summed E-state index contributed by atoms with van der Waals surface area (Å²) in [6.07, 6.45) is 3.73. The maximum absolute atomic E-state index is 11.1. The number of nitrogens with zero attached hydrogens (tertiary/aromatic N) is 4. The molecule has 0 aliphatic carbocycles. The van der Waals surface area contributed by atoms with Crippen LogP contribution in [0.3, 0.4) is 0 Å². The van der Waals surface area contributed by atoms with Crippen LogP contribution in [0.25, 0.3) is 11.6 Å². The minimum Gasteiger partial charge on any atom is -0.332 e. The van der Waals surface area contributed by atoms with Crippen LogP contribution in [-0.2, 0) is 11.3 Å². The SMILES string of the molecule is CC(=O)Nc1ccc(CN2CCC(c3noc(-c4ccccn4)n3)CC2)cc1. The number of likely N-dealkylation sites (tertiary alicyclic amines) is 1. The lowest BCUT2D eigenvalue weighted by atomic mass is 9.96. The Morgan fingerprint density at radius 1 is 1.18 bits per heavy atom. The first-order chi connectivity index (χ1) is 13.7. The minimum atomic E-state index is -0.0532. The third-order valence-corrected chi connectivity index (χ3v) is 4.96. The highest BCUT2D eigenvalue weighted by molar-refractivity contribution is 5.88. The summed E-state index contributed by atoms with van der Waals surface area (Å²) in [6.45, 7) is 4.40. The second kappa shape index (κ2) is 8.31. The van der Waals surface area contributed by atoms with Crippen LogP contribution in [0.2, 0.25) is 0 Å². The molecule has 1 amide bonds. The van der Waals surface area contributed by atoms with E-state index in [1.54, 1.807) is 6.20 Å². The van der Waals surface area contributed by atoms with Gasteiger partial charge in [-0.2, -0.15) is 4.98 Å². The molecule has 7 nitrogen and oxygen atoms in total. The summed E-state index contributed by atoms with van der Waals surface area (Å²) in [4.78, 5) is 22.4. The lowest BCUT2D eigenvalue weighted by Crippen LogP contribution is -2.32. The van der Waals surface area contributed by atoms with E-state index in [9.17, 15) is 4.79 Å². The van der Waals surface area contributed by atoms with Gasteiger partial charge in [-0.15, -0.1) is 0 Å². The Labute approximate surface area is 163 Å². The van der Waals surface area contributed by atoms with Gasteiger partial charge >= 0.3 is 0 Å². The Morgan fingerprint density at radius 3 is 2.64 bits per heavy atom. The van der Waals surface area contributed by atoms with Gasteiger partial charge in [-0.1, -0.05) is 23.4 Å². The third kappa shape index (κ3) is 4.43. The largest absolute Gasteiger partial charge is 0.332 e. The van der Waals surface area contributed by atoms with E-state index in [2.05, 4.69) is 37.5 Å². The lowest BCUT2D eigenvalue weighted by Gasteiger charge is -2.30. The third-order valence-electron chi connectivity index (χ3n) is 4.96. The molecular weight excluding hydrogens is 354 g/mol. The van der Waals surface area contributed by atoms with Crippen LogP contribution in [0.15, 0.2) is 53.2 Å². The predicted octanol–water partition coefficient (Wildman–Crippen LogP) is 3.47. The fourth-order valence-corrected chi connectivity index (χ4v) is 3.50. The van der Waals surface area contributed by atoms with Crippen molar-refractivity contribution in [3.05, 3.63) is 60.0 Å². The molecule has 0 bridgehead atoms. The van der Waals surface area contributed by atoms with E-state index in [1.165, 1.54) is 12.5 Å². The highest BCUT2D eigenvalue weighted by atomic mass is 16.5. The molecule has 3 heterocycles. The smallest absolute Gasteiger partial charge is 0.276 e. The number of nitrogens with one attached hydrogen (secondary N) is 1. The van der Waals surface area contributed by atoms with Crippen molar-refractivity contribution in [3.8, 4) is 11.6 Å². The van der Waals surface area contributed by atoms with Crippen LogP contribution in [-0.4, -0.2) is 39.0 Å². The molecule has 0 atom stereocenters. The number of pyridine rings is 1. The fourth-order valence-electron chi connectivity index (χ4n) is 3.50. The van der Waals surface area contributed by atoms with Crippen molar-refractivity contribution >= 4 is 11.6 Å². The molecule has 144 valence electrons. The number of carbonyl (C=O) groups is 1. The van der Waals surface area contributed by atoms with E-state index in [4.69, 9.17) is 4.52 Å². The van der Waals surface area contributed by atoms with Gasteiger partial charge in [-0.3, -0.25) is 14.7 Å². The van der Waals surface area contributed by atoms with E-state index in [1.807, 2.05) is 30.3 Å². The molecule has 0 spiro atoms. The first-order valence-electron chi connectivity index (χ1n) is 9.51. The molecule has 1 saturated heterocycles. The Hall–Kier alpha value is -3.06. The zero-order chi connectivity index (χ0) is 19.3. The second-order valence-electron chi connectivity index (χ2n) is 7.10. The summed E-state index contributed by atoms with van der Waals surface area (Å²) in [7, 11) is 0. The number of rotatable bonds is 5. The number of piperidine rings is 1. The number of hydrogen-bond acceptors (Lipinski definition) is 6. The van der Waals surface area contributed by atoms with Gasteiger partial charge in [0.1, 0.15) is 5.69 Å². The van der Waals surface area contributed by atoms with Crippen molar-refractivity contribution < 1.29 is 9.32 Å². The Balaban J connectivity index is 1.31. The highest BCUT2D eigenvalue weighted by Gasteiger charge is 2.25. The Morgan fingerprint density at radius 2 is 1.96 bits per heavy atom. The summed E-state index contributed by atoms with van der Waals surface area (Å²) in [6, 6.07) is 13.7. The quantitative estimate of drug-likeness (QED) is 0.733. The molecule has 1 fully saturated rings. The molecular formula is C21H23N5O2. The molecule has 7 heteroatoms.